The van der Waals surface area contributed by atoms with E-state index in [1.807, 2.05) is 36.4 Å². The van der Waals surface area contributed by atoms with Gasteiger partial charge in [0.15, 0.2) is 5.82 Å². The smallest absolute Gasteiger partial charge is 0.343 e. The third kappa shape index (κ3) is 3.24. The average Bonchev–Trinajstić information content (AvgIpc) is 2.97. The van der Waals surface area contributed by atoms with Crippen LogP contribution < -0.4 is 5.32 Å². The molecule has 0 fully saturated rings. The zero-order valence-corrected chi connectivity index (χ0v) is 13.4. The van der Waals surface area contributed by atoms with E-state index < -0.39 is 5.97 Å². The number of hydrogen-bond acceptors (Lipinski definition) is 6. The van der Waals surface area contributed by atoms with E-state index in [1.165, 1.54) is 6.20 Å². The molecule has 0 radical (unpaired) electrons. The number of aryl methyl sites for hydroxylation is 1. The summed E-state index contributed by atoms with van der Waals surface area (Å²) in [6.45, 7) is 2.06. The fraction of sp³-hybridized carbons (Fsp3) is 0.176. The van der Waals surface area contributed by atoms with Gasteiger partial charge in [-0.1, -0.05) is 30.3 Å². The number of carbonyl (C=O) groups is 1. The minimum atomic E-state index is -0.429. The minimum Gasteiger partial charge on any atom is -0.462 e. The van der Waals surface area contributed by atoms with Crippen LogP contribution in [-0.2, 0) is 11.8 Å². The molecule has 0 spiro atoms. The van der Waals surface area contributed by atoms with Crippen LogP contribution in [0.25, 0.3) is 11.3 Å². The van der Waals surface area contributed by atoms with Crippen molar-refractivity contribution in [2.75, 3.05) is 11.9 Å². The van der Waals surface area contributed by atoms with Crippen molar-refractivity contribution in [3.63, 3.8) is 0 Å². The van der Waals surface area contributed by atoms with E-state index in [0.29, 0.717) is 23.8 Å². The molecule has 0 saturated carbocycles. The number of esters is 1. The number of rotatable bonds is 5. The maximum absolute atomic E-state index is 12.0. The monoisotopic (exact) mass is 323 g/mol. The Bertz CT molecular complexity index is 828. The molecular weight excluding hydrogens is 306 g/mol. The van der Waals surface area contributed by atoms with Crippen molar-refractivity contribution in [2.24, 2.45) is 7.05 Å². The van der Waals surface area contributed by atoms with Gasteiger partial charge >= 0.3 is 5.97 Å². The second kappa shape index (κ2) is 6.91. The SMILES string of the molecule is CCOC(=O)c1cnn(C)c1Nc1ccc(-c2ccccc2)nn1. The van der Waals surface area contributed by atoms with Crippen LogP contribution in [0.2, 0.25) is 0 Å². The number of hydrogen-bond donors (Lipinski definition) is 1. The van der Waals surface area contributed by atoms with E-state index in [4.69, 9.17) is 4.74 Å². The molecule has 3 rings (SSSR count). The van der Waals surface area contributed by atoms with Gasteiger partial charge in [0.1, 0.15) is 11.4 Å². The van der Waals surface area contributed by atoms with Crippen molar-refractivity contribution in [3.05, 3.63) is 54.2 Å². The van der Waals surface area contributed by atoms with Crippen molar-refractivity contribution in [1.29, 1.82) is 0 Å². The molecule has 0 aliphatic heterocycles. The first-order valence-electron chi connectivity index (χ1n) is 7.54. The number of nitrogens with one attached hydrogen (secondary N) is 1. The van der Waals surface area contributed by atoms with Crippen molar-refractivity contribution in [2.45, 2.75) is 6.92 Å². The number of nitrogens with zero attached hydrogens (tertiary/aromatic N) is 4. The van der Waals surface area contributed by atoms with Gasteiger partial charge in [0.2, 0.25) is 0 Å². The zero-order valence-electron chi connectivity index (χ0n) is 13.4. The fourth-order valence-corrected chi connectivity index (χ4v) is 2.23. The molecule has 0 bridgehead atoms. The number of benzene rings is 1. The van der Waals surface area contributed by atoms with E-state index in [9.17, 15) is 4.79 Å². The highest BCUT2D eigenvalue weighted by Gasteiger charge is 2.17. The van der Waals surface area contributed by atoms with Gasteiger partial charge in [-0.25, -0.2) is 4.79 Å². The topological polar surface area (TPSA) is 81.9 Å². The molecule has 24 heavy (non-hydrogen) atoms. The molecular formula is C17H17N5O2. The maximum Gasteiger partial charge on any atom is 0.343 e. The van der Waals surface area contributed by atoms with Gasteiger partial charge in [-0.15, -0.1) is 10.2 Å². The van der Waals surface area contributed by atoms with Crippen molar-refractivity contribution >= 4 is 17.6 Å². The predicted molar refractivity (Wildman–Crippen MR) is 89.9 cm³/mol. The van der Waals surface area contributed by atoms with Crippen molar-refractivity contribution in [1.82, 2.24) is 20.0 Å². The minimum absolute atomic E-state index is 0.304. The van der Waals surface area contributed by atoms with Crippen LogP contribution in [-0.4, -0.2) is 32.6 Å². The summed E-state index contributed by atoms with van der Waals surface area (Å²) in [5.74, 6) is 0.598. The Kier molecular flexibility index (Phi) is 4.51. The normalized spacial score (nSPS) is 10.4. The Balaban J connectivity index is 1.82. The first-order valence-corrected chi connectivity index (χ1v) is 7.54. The van der Waals surface area contributed by atoms with E-state index >= 15 is 0 Å². The van der Waals surface area contributed by atoms with Crippen LogP contribution in [0.15, 0.2) is 48.7 Å². The Hall–Kier alpha value is -3.22. The molecule has 1 aromatic carbocycles. The summed E-state index contributed by atoms with van der Waals surface area (Å²) in [5, 5.41) is 15.5. The van der Waals surface area contributed by atoms with E-state index in [0.717, 1.165) is 11.3 Å². The first kappa shape index (κ1) is 15.7. The molecule has 3 aromatic rings. The Morgan fingerprint density at radius 3 is 2.62 bits per heavy atom. The highest BCUT2D eigenvalue weighted by atomic mass is 16.5. The van der Waals surface area contributed by atoms with Gasteiger partial charge < -0.3 is 10.1 Å². The predicted octanol–water partition coefficient (Wildman–Crippen LogP) is 2.80. The number of anilines is 2. The molecule has 7 nitrogen and oxygen atoms in total. The maximum atomic E-state index is 12.0. The summed E-state index contributed by atoms with van der Waals surface area (Å²) >= 11 is 0. The van der Waals surface area contributed by atoms with Crippen LogP contribution in [0.4, 0.5) is 11.6 Å². The number of aromatic nitrogens is 4. The Morgan fingerprint density at radius 2 is 1.96 bits per heavy atom. The van der Waals surface area contributed by atoms with Gasteiger partial charge in [-0.3, -0.25) is 4.68 Å². The molecule has 2 heterocycles. The van der Waals surface area contributed by atoms with Gasteiger partial charge in [0, 0.05) is 12.6 Å². The summed E-state index contributed by atoms with van der Waals surface area (Å²) in [4.78, 5) is 12.0. The molecule has 122 valence electrons. The standard InChI is InChI=1S/C17H17N5O2/c1-3-24-17(23)13-11-18-22(2)16(13)19-15-10-9-14(20-21-15)12-7-5-4-6-8-12/h4-11H,3H2,1-2H3,(H,19,21). The number of carbonyl (C=O) groups excluding carboxylic acids is 1. The van der Waals surface area contributed by atoms with E-state index in [1.54, 1.807) is 24.7 Å². The summed E-state index contributed by atoms with van der Waals surface area (Å²) in [7, 11) is 1.73. The van der Waals surface area contributed by atoms with Gasteiger partial charge in [0.25, 0.3) is 0 Å². The molecule has 0 aliphatic carbocycles. The van der Waals surface area contributed by atoms with Crippen molar-refractivity contribution in [3.8, 4) is 11.3 Å². The van der Waals surface area contributed by atoms with E-state index in [-0.39, 0.29) is 0 Å². The Morgan fingerprint density at radius 1 is 1.17 bits per heavy atom. The summed E-state index contributed by atoms with van der Waals surface area (Å²) in [6.07, 6.45) is 1.46. The quantitative estimate of drug-likeness (QED) is 0.727. The molecule has 0 aliphatic rings. The second-order valence-corrected chi connectivity index (χ2v) is 5.05. The van der Waals surface area contributed by atoms with E-state index in [2.05, 4.69) is 20.6 Å². The van der Waals surface area contributed by atoms with Crippen LogP contribution in [0.1, 0.15) is 17.3 Å². The van der Waals surface area contributed by atoms with Crippen LogP contribution in [0.3, 0.4) is 0 Å². The molecule has 1 N–H and O–H groups in total. The lowest BCUT2D eigenvalue weighted by Gasteiger charge is -2.08. The van der Waals surface area contributed by atoms with Gasteiger partial charge in [-0.2, -0.15) is 5.10 Å². The highest BCUT2D eigenvalue weighted by molar-refractivity contribution is 5.95. The molecule has 7 heteroatoms. The second-order valence-electron chi connectivity index (χ2n) is 5.05. The van der Waals surface area contributed by atoms with Crippen LogP contribution >= 0.6 is 0 Å². The lowest BCUT2D eigenvalue weighted by molar-refractivity contribution is 0.0527. The third-order valence-corrected chi connectivity index (χ3v) is 3.41. The first-order chi connectivity index (χ1) is 11.7. The molecule has 0 saturated heterocycles. The van der Waals surface area contributed by atoms with Gasteiger partial charge in [0.05, 0.1) is 18.5 Å². The zero-order chi connectivity index (χ0) is 16.9. The largest absolute Gasteiger partial charge is 0.462 e. The average molecular weight is 323 g/mol. The molecule has 0 amide bonds. The molecule has 0 atom stereocenters. The summed E-state index contributed by atoms with van der Waals surface area (Å²) in [5.41, 5.74) is 2.12. The van der Waals surface area contributed by atoms with Gasteiger partial charge in [-0.05, 0) is 19.1 Å². The molecule has 2 aromatic heterocycles. The van der Waals surface area contributed by atoms with Crippen molar-refractivity contribution < 1.29 is 9.53 Å². The lowest BCUT2D eigenvalue weighted by atomic mass is 10.1. The highest BCUT2D eigenvalue weighted by Crippen LogP contribution is 2.21. The summed E-state index contributed by atoms with van der Waals surface area (Å²) in [6, 6.07) is 13.5. The van der Waals surface area contributed by atoms with Crippen LogP contribution in [0, 0.1) is 0 Å². The third-order valence-electron chi connectivity index (χ3n) is 3.41. The molecule has 0 unspecified atom stereocenters. The fourth-order valence-electron chi connectivity index (χ4n) is 2.23. The summed E-state index contributed by atoms with van der Waals surface area (Å²) < 4.78 is 6.58. The Labute approximate surface area is 139 Å². The number of ether oxygens (including phenoxy) is 1. The lowest BCUT2D eigenvalue weighted by Crippen LogP contribution is -2.09. The van der Waals surface area contributed by atoms with Crippen LogP contribution in [0.5, 0.6) is 0 Å².